The number of amides is 2. The molecule has 0 aliphatic heterocycles. The van der Waals surface area contributed by atoms with Crippen molar-refractivity contribution < 1.29 is 29.3 Å². The number of carboxylic acids is 1. The van der Waals surface area contributed by atoms with Crippen LogP contribution in [0.3, 0.4) is 0 Å². The topological polar surface area (TPSA) is 125 Å². The molecule has 0 spiro atoms. The van der Waals surface area contributed by atoms with E-state index in [0.29, 0.717) is 11.3 Å². The first-order valence-electron chi connectivity index (χ1n) is 11.3. The van der Waals surface area contributed by atoms with Crippen LogP contribution in [0.15, 0.2) is 84.9 Å². The Morgan fingerprint density at radius 2 is 1.39 bits per heavy atom. The first-order valence-corrected chi connectivity index (χ1v) is 12.5. The van der Waals surface area contributed by atoms with Crippen molar-refractivity contribution in [2.75, 3.05) is 5.75 Å². The third-order valence-electron chi connectivity index (χ3n) is 5.21. The molecule has 0 radical (unpaired) electrons. The Kier molecular flexibility index (Phi) is 10.2. The van der Waals surface area contributed by atoms with Crippen LogP contribution >= 0.6 is 11.8 Å². The van der Waals surface area contributed by atoms with Crippen molar-refractivity contribution in [3.63, 3.8) is 0 Å². The molecule has 188 valence electrons. The number of alkyl carbamates (subject to hydrolysis) is 1. The van der Waals surface area contributed by atoms with Gasteiger partial charge in [0.15, 0.2) is 0 Å². The number of nitrogens with one attached hydrogen (secondary N) is 2. The van der Waals surface area contributed by atoms with E-state index < -0.39 is 30.1 Å². The van der Waals surface area contributed by atoms with Crippen molar-refractivity contribution in [1.82, 2.24) is 10.6 Å². The quantitative estimate of drug-likeness (QED) is 0.294. The summed E-state index contributed by atoms with van der Waals surface area (Å²) < 4.78 is 5.25. The summed E-state index contributed by atoms with van der Waals surface area (Å²) in [5, 5.41) is 24.2. The molecule has 36 heavy (non-hydrogen) atoms. The minimum Gasteiger partial charge on any atom is -0.508 e. The Labute approximate surface area is 213 Å². The van der Waals surface area contributed by atoms with Crippen LogP contribution in [0.5, 0.6) is 5.75 Å². The minimum absolute atomic E-state index is 0.0175. The van der Waals surface area contributed by atoms with Crippen molar-refractivity contribution in [3.05, 3.63) is 102 Å². The van der Waals surface area contributed by atoms with Gasteiger partial charge in [0.1, 0.15) is 24.4 Å². The Morgan fingerprint density at radius 1 is 0.778 bits per heavy atom. The van der Waals surface area contributed by atoms with Crippen LogP contribution in [0.1, 0.15) is 16.7 Å². The van der Waals surface area contributed by atoms with E-state index in [1.165, 1.54) is 23.9 Å². The van der Waals surface area contributed by atoms with Gasteiger partial charge in [-0.3, -0.25) is 4.79 Å². The first kappa shape index (κ1) is 26.6. The van der Waals surface area contributed by atoms with E-state index in [0.717, 1.165) is 11.1 Å². The van der Waals surface area contributed by atoms with Gasteiger partial charge in [0.05, 0.1) is 0 Å². The van der Waals surface area contributed by atoms with Gasteiger partial charge in [-0.2, -0.15) is 11.8 Å². The van der Waals surface area contributed by atoms with Crippen molar-refractivity contribution >= 4 is 29.7 Å². The molecule has 0 aliphatic rings. The lowest BCUT2D eigenvalue weighted by molar-refractivity contribution is -0.142. The molecule has 0 aliphatic carbocycles. The van der Waals surface area contributed by atoms with Crippen LogP contribution in [0.25, 0.3) is 0 Å². The molecule has 3 aromatic rings. The second kappa shape index (κ2) is 13.8. The molecule has 0 unspecified atom stereocenters. The number of aromatic hydroxyl groups is 1. The smallest absolute Gasteiger partial charge is 0.408 e. The minimum atomic E-state index is -1.22. The second-order valence-electron chi connectivity index (χ2n) is 8.03. The Balaban J connectivity index is 1.63. The molecular weight excluding hydrogens is 480 g/mol. The van der Waals surface area contributed by atoms with Crippen LogP contribution in [-0.2, 0) is 33.1 Å². The normalized spacial score (nSPS) is 12.2. The third kappa shape index (κ3) is 8.99. The lowest BCUT2D eigenvalue weighted by atomic mass is 10.1. The summed E-state index contributed by atoms with van der Waals surface area (Å²) in [5.41, 5.74) is 2.49. The van der Waals surface area contributed by atoms with E-state index in [4.69, 9.17) is 4.74 Å². The highest BCUT2D eigenvalue weighted by Gasteiger charge is 2.27. The molecule has 9 heteroatoms. The van der Waals surface area contributed by atoms with Crippen LogP contribution in [0.2, 0.25) is 0 Å². The lowest BCUT2D eigenvalue weighted by Gasteiger charge is -2.21. The highest BCUT2D eigenvalue weighted by atomic mass is 32.2. The summed E-state index contributed by atoms with van der Waals surface area (Å²) in [7, 11) is 0. The summed E-state index contributed by atoms with van der Waals surface area (Å²) in [6, 6.07) is 22.6. The van der Waals surface area contributed by atoms with Gasteiger partial charge in [-0.05, 0) is 28.8 Å². The number of aliphatic carboxylic acids is 1. The summed E-state index contributed by atoms with van der Waals surface area (Å²) in [4.78, 5) is 37.3. The molecule has 8 nitrogen and oxygen atoms in total. The van der Waals surface area contributed by atoms with E-state index in [1.54, 1.807) is 12.1 Å². The van der Waals surface area contributed by atoms with Crippen molar-refractivity contribution in [3.8, 4) is 5.75 Å². The Bertz CT molecular complexity index is 1130. The number of carbonyl (C=O) groups is 3. The van der Waals surface area contributed by atoms with Gasteiger partial charge in [-0.15, -0.1) is 0 Å². The third-order valence-corrected chi connectivity index (χ3v) is 6.31. The van der Waals surface area contributed by atoms with Gasteiger partial charge in [0.25, 0.3) is 0 Å². The molecule has 4 N–H and O–H groups in total. The molecule has 2 amide bonds. The number of rotatable bonds is 12. The number of ether oxygens (including phenoxy) is 1. The number of hydrogen-bond acceptors (Lipinski definition) is 6. The second-order valence-corrected chi connectivity index (χ2v) is 9.06. The zero-order valence-electron chi connectivity index (χ0n) is 19.5. The van der Waals surface area contributed by atoms with Crippen LogP contribution < -0.4 is 10.6 Å². The summed E-state index contributed by atoms with van der Waals surface area (Å²) in [5.74, 6) is -0.950. The number of thioether (sulfide) groups is 1. The fraction of sp³-hybridized carbons (Fsp3) is 0.222. The fourth-order valence-electron chi connectivity index (χ4n) is 3.30. The number of phenols is 1. The number of carboxylic acid groups (broad SMARTS) is 1. The lowest BCUT2D eigenvalue weighted by Crippen LogP contribution is -2.53. The van der Waals surface area contributed by atoms with Gasteiger partial charge in [0, 0.05) is 17.9 Å². The molecule has 0 aromatic heterocycles. The van der Waals surface area contributed by atoms with Crippen molar-refractivity contribution in [2.45, 2.75) is 30.9 Å². The summed E-state index contributed by atoms with van der Waals surface area (Å²) in [6.07, 6.45) is -0.756. The van der Waals surface area contributed by atoms with E-state index >= 15 is 0 Å². The van der Waals surface area contributed by atoms with Crippen LogP contribution in [0.4, 0.5) is 4.79 Å². The largest absolute Gasteiger partial charge is 0.508 e. The van der Waals surface area contributed by atoms with E-state index in [9.17, 15) is 24.6 Å². The zero-order valence-corrected chi connectivity index (χ0v) is 20.3. The maximum Gasteiger partial charge on any atom is 0.408 e. The molecule has 0 saturated heterocycles. The molecule has 3 rings (SSSR count). The average Bonchev–Trinajstić information content (AvgIpc) is 2.89. The number of hydrogen-bond donors (Lipinski definition) is 4. The predicted molar refractivity (Wildman–Crippen MR) is 138 cm³/mol. The van der Waals surface area contributed by atoms with E-state index in [1.807, 2.05) is 60.7 Å². The average molecular weight is 509 g/mol. The summed E-state index contributed by atoms with van der Waals surface area (Å²) in [6.45, 7) is 0.0385. The van der Waals surface area contributed by atoms with Gasteiger partial charge in [0.2, 0.25) is 5.91 Å². The number of benzene rings is 3. The standard InChI is InChI=1S/C27H28N2O6S/c30-22-13-11-19(12-14-22)15-23(26(32)33)28-25(31)24(18-36-17-21-9-5-2-6-10-21)29-27(34)35-16-20-7-3-1-4-8-20/h1-14,23-24,30H,15-18H2,(H,28,31)(H,29,34)(H,32,33)/t23-,24+/m1/s1. The van der Waals surface area contributed by atoms with Gasteiger partial charge < -0.3 is 25.6 Å². The van der Waals surface area contributed by atoms with E-state index in [2.05, 4.69) is 10.6 Å². The van der Waals surface area contributed by atoms with Crippen molar-refractivity contribution in [2.24, 2.45) is 0 Å². The molecule has 3 aromatic carbocycles. The van der Waals surface area contributed by atoms with Gasteiger partial charge in [-0.25, -0.2) is 9.59 Å². The monoisotopic (exact) mass is 508 g/mol. The maximum atomic E-state index is 13.1. The maximum absolute atomic E-state index is 13.1. The van der Waals surface area contributed by atoms with Crippen LogP contribution in [-0.4, -0.2) is 46.0 Å². The van der Waals surface area contributed by atoms with Gasteiger partial charge in [-0.1, -0.05) is 72.8 Å². The summed E-state index contributed by atoms with van der Waals surface area (Å²) >= 11 is 1.43. The van der Waals surface area contributed by atoms with Crippen molar-refractivity contribution in [1.29, 1.82) is 0 Å². The SMILES string of the molecule is O=C(N[C@@H](CSCc1ccccc1)C(=O)N[C@H](Cc1ccc(O)cc1)C(=O)O)OCc1ccccc1. The highest BCUT2D eigenvalue weighted by molar-refractivity contribution is 7.98. The predicted octanol–water partition coefficient (Wildman–Crippen LogP) is 3.73. The van der Waals surface area contributed by atoms with E-state index in [-0.39, 0.29) is 24.5 Å². The first-order chi connectivity index (χ1) is 17.4. The zero-order chi connectivity index (χ0) is 25.8. The fourth-order valence-corrected chi connectivity index (χ4v) is 4.32. The number of carbonyl (C=O) groups excluding carboxylic acids is 2. The van der Waals surface area contributed by atoms with Gasteiger partial charge >= 0.3 is 12.1 Å². The molecular formula is C27H28N2O6S. The highest BCUT2D eigenvalue weighted by Crippen LogP contribution is 2.15. The molecule has 0 heterocycles. The Hall–Kier alpha value is -3.98. The number of phenolic OH excluding ortho intramolecular Hbond substituents is 1. The Morgan fingerprint density at radius 3 is 2.00 bits per heavy atom. The molecule has 2 atom stereocenters. The molecule has 0 bridgehead atoms. The van der Waals surface area contributed by atoms with Crippen LogP contribution in [0, 0.1) is 0 Å². The molecule has 0 saturated carbocycles. The molecule has 0 fully saturated rings.